The first-order valence-corrected chi connectivity index (χ1v) is 7.02. The zero-order valence-corrected chi connectivity index (χ0v) is 11.6. The van der Waals surface area contributed by atoms with Gasteiger partial charge in [0.05, 0.1) is 18.8 Å². The summed E-state index contributed by atoms with van der Waals surface area (Å²) >= 11 is 0. The molecule has 1 aliphatic carbocycles. The molecule has 0 aromatic rings. The molecule has 1 unspecified atom stereocenters. The van der Waals surface area contributed by atoms with Gasteiger partial charge in [0.1, 0.15) is 0 Å². The van der Waals surface area contributed by atoms with Crippen LogP contribution in [0, 0.1) is 5.92 Å². The molecule has 5 heteroatoms. The van der Waals surface area contributed by atoms with Gasteiger partial charge in [-0.3, -0.25) is 9.69 Å². The second-order valence-corrected chi connectivity index (χ2v) is 5.74. The van der Waals surface area contributed by atoms with E-state index in [1.54, 1.807) is 6.92 Å². The number of β-amino-alcohol motifs (C(OH)–C–C–N with tert-alkyl or cyclic N) is 1. The fourth-order valence-corrected chi connectivity index (χ4v) is 2.55. The number of nitrogens with zero attached hydrogens (tertiary/aromatic N) is 1. The summed E-state index contributed by atoms with van der Waals surface area (Å²) in [6.45, 7) is 5.77. The molecule has 0 aromatic carbocycles. The van der Waals surface area contributed by atoms with E-state index in [9.17, 15) is 9.90 Å². The average Bonchev–Trinajstić information content (AvgIpc) is 2.91. The maximum atomic E-state index is 11.9. The molecule has 2 N–H and O–H groups in total. The molecule has 0 aromatic heterocycles. The highest BCUT2D eigenvalue weighted by molar-refractivity contribution is 5.79. The van der Waals surface area contributed by atoms with Crippen molar-refractivity contribution in [3.8, 4) is 0 Å². The molecule has 19 heavy (non-hydrogen) atoms. The topological polar surface area (TPSA) is 61.8 Å². The number of aliphatic hydroxyl groups is 1. The summed E-state index contributed by atoms with van der Waals surface area (Å²) in [5, 5.41) is 13.2. The molecule has 1 amide bonds. The number of hydrogen-bond donors (Lipinski definition) is 2. The molecular formula is C14H24N2O3. The number of carbonyl (C=O) groups excluding carboxylic acids is 1. The molecule has 0 spiro atoms. The van der Waals surface area contributed by atoms with E-state index in [2.05, 4.69) is 10.2 Å². The van der Waals surface area contributed by atoms with Crippen LogP contribution >= 0.6 is 0 Å². The standard InChI is InChI=1S/C14H24N2O3/c1-14(18,11-16-6-8-19-9-7-16)10-15-13(17)12-4-2-3-5-12/h2-3,12,18H,4-11H2,1H3,(H,15,17). The van der Waals surface area contributed by atoms with Crippen LogP contribution in [0.1, 0.15) is 19.8 Å². The van der Waals surface area contributed by atoms with Crippen molar-refractivity contribution in [3.05, 3.63) is 12.2 Å². The van der Waals surface area contributed by atoms with Crippen molar-refractivity contribution in [1.29, 1.82) is 0 Å². The van der Waals surface area contributed by atoms with Gasteiger partial charge in [-0.1, -0.05) is 12.2 Å². The van der Waals surface area contributed by atoms with Gasteiger partial charge in [0.25, 0.3) is 0 Å². The molecule has 2 rings (SSSR count). The van der Waals surface area contributed by atoms with Crippen molar-refractivity contribution in [2.45, 2.75) is 25.4 Å². The normalized spacial score (nSPS) is 24.3. The van der Waals surface area contributed by atoms with Crippen molar-refractivity contribution in [3.63, 3.8) is 0 Å². The molecule has 0 saturated carbocycles. The number of carbonyl (C=O) groups is 1. The quantitative estimate of drug-likeness (QED) is 0.697. The van der Waals surface area contributed by atoms with Gasteiger partial charge in [0.15, 0.2) is 0 Å². The largest absolute Gasteiger partial charge is 0.387 e. The Morgan fingerprint density at radius 2 is 2.05 bits per heavy atom. The van der Waals surface area contributed by atoms with E-state index in [0.717, 1.165) is 39.1 Å². The van der Waals surface area contributed by atoms with Crippen molar-refractivity contribution >= 4 is 5.91 Å². The van der Waals surface area contributed by atoms with Gasteiger partial charge >= 0.3 is 0 Å². The number of rotatable bonds is 5. The molecule has 0 radical (unpaired) electrons. The first-order valence-electron chi connectivity index (χ1n) is 7.02. The molecule has 2 aliphatic rings. The first kappa shape index (κ1) is 14.5. The van der Waals surface area contributed by atoms with Crippen LogP contribution < -0.4 is 5.32 Å². The Morgan fingerprint density at radius 1 is 1.42 bits per heavy atom. The van der Waals surface area contributed by atoms with Crippen LogP contribution in [0.4, 0.5) is 0 Å². The van der Waals surface area contributed by atoms with Crippen molar-refractivity contribution in [1.82, 2.24) is 10.2 Å². The van der Waals surface area contributed by atoms with Gasteiger partial charge in [-0.25, -0.2) is 0 Å². The fraction of sp³-hybridized carbons (Fsp3) is 0.786. The Hall–Kier alpha value is -0.910. The number of amides is 1. The van der Waals surface area contributed by atoms with Crippen LogP contribution in [0.5, 0.6) is 0 Å². The van der Waals surface area contributed by atoms with E-state index in [1.807, 2.05) is 12.2 Å². The van der Waals surface area contributed by atoms with Crippen LogP contribution in [0.3, 0.4) is 0 Å². The molecule has 1 fully saturated rings. The molecule has 5 nitrogen and oxygen atoms in total. The smallest absolute Gasteiger partial charge is 0.223 e. The zero-order valence-electron chi connectivity index (χ0n) is 11.6. The lowest BCUT2D eigenvalue weighted by molar-refractivity contribution is -0.126. The highest BCUT2D eigenvalue weighted by Crippen LogP contribution is 2.17. The van der Waals surface area contributed by atoms with Crippen molar-refractivity contribution in [2.75, 3.05) is 39.4 Å². The summed E-state index contributed by atoms with van der Waals surface area (Å²) in [4.78, 5) is 14.1. The number of nitrogens with one attached hydrogen (secondary N) is 1. The Bertz CT molecular complexity index is 328. The summed E-state index contributed by atoms with van der Waals surface area (Å²) < 4.78 is 5.28. The van der Waals surface area contributed by atoms with Crippen LogP contribution in [0.15, 0.2) is 12.2 Å². The third-order valence-corrected chi connectivity index (χ3v) is 3.69. The Labute approximate surface area is 114 Å². The molecule has 0 bridgehead atoms. The second-order valence-electron chi connectivity index (χ2n) is 5.74. The first-order chi connectivity index (χ1) is 9.07. The highest BCUT2D eigenvalue weighted by atomic mass is 16.5. The SMILES string of the molecule is CC(O)(CNC(=O)C1CC=CC1)CN1CCOCC1. The maximum Gasteiger partial charge on any atom is 0.223 e. The molecule has 1 atom stereocenters. The van der Waals surface area contributed by atoms with Gasteiger partial charge in [-0.2, -0.15) is 0 Å². The fourth-order valence-electron chi connectivity index (χ4n) is 2.55. The number of ether oxygens (including phenoxy) is 1. The Balaban J connectivity index is 1.71. The third-order valence-electron chi connectivity index (χ3n) is 3.69. The maximum absolute atomic E-state index is 11.9. The summed E-state index contributed by atoms with van der Waals surface area (Å²) in [5.41, 5.74) is -0.890. The lowest BCUT2D eigenvalue weighted by atomic mass is 10.0. The molecular weight excluding hydrogens is 244 g/mol. The number of morpholine rings is 1. The van der Waals surface area contributed by atoms with E-state index < -0.39 is 5.60 Å². The van der Waals surface area contributed by atoms with Gasteiger partial charge in [-0.05, 0) is 19.8 Å². The van der Waals surface area contributed by atoms with Gasteiger partial charge in [-0.15, -0.1) is 0 Å². The van der Waals surface area contributed by atoms with Gasteiger partial charge in [0.2, 0.25) is 5.91 Å². The zero-order chi connectivity index (χ0) is 13.7. The van der Waals surface area contributed by atoms with E-state index in [0.29, 0.717) is 13.1 Å². The van der Waals surface area contributed by atoms with Crippen LogP contribution in [0.25, 0.3) is 0 Å². The van der Waals surface area contributed by atoms with E-state index in [1.165, 1.54) is 0 Å². The van der Waals surface area contributed by atoms with Gasteiger partial charge < -0.3 is 15.2 Å². The predicted molar refractivity (Wildman–Crippen MR) is 72.8 cm³/mol. The summed E-state index contributed by atoms with van der Waals surface area (Å²) in [6, 6.07) is 0. The Morgan fingerprint density at radius 3 is 2.68 bits per heavy atom. The summed E-state index contributed by atoms with van der Waals surface area (Å²) in [5.74, 6) is 0.103. The van der Waals surface area contributed by atoms with E-state index in [-0.39, 0.29) is 11.8 Å². The van der Waals surface area contributed by atoms with Crippen LogP contribution in [-0.2, 0) is 9.53 Å². The van der Waals surface area contributed by atoms with Crippen LogP contribution in [-0.4, -0.2) is 60.9 Å². The van der Waals surface area contributed by atoms with E-state index in [4.69, 9.17) is 4.74 Å². The highest BCUT2D eigenvalue weighted by Gasteiger charge is 2.27. The third kappa shape index (κ3) is 4.60. The monoisotopic (exact) mass is 268 g/mol. The minimum atomic E-state index is -0.890. The molecule has 1 heterocycles. The van der Waals surface area contributed by atoms with E-state index >= 15 is 0 Å². The van der Waals surface area contributed by atoms with Crippen LogP contribution in [0.2, 0.25) is 0 Å². The minimum Gasteiger partial charge on any atom is -0.387 e. The van der Waals surface area contributed by atoms with Gasteiger partial charge in [0, 0.05) is 32.1 Å². The lowest BCUT2D eigenvalue weighted by Gasteiger charge is -2.34. The predicted octanol–water partition coefficient (Wildman–Crippen LogP) is 0.152. The average molecular weight is 268 g/mol. The summed E-state index contributed by atoms with van der Waals surface area (Å²) in [6.07, 6.45) is 5.71. The van der Waals surface area contributed by atoms with Crippen molar-refractivity contribution in [2.24, 2.45) is 5.92 Å². The second kappa shape index (κ2) is 6.50. The Kier molecular flexibility index (Phi) is 4.96. The minimum absolute atomic E-state index is 0.0484. The lowest BCUT2D eigenvalue weighted by Crippen LogP contribution is -2.51. The molecule has 1 saturated heterocycles. The van der Waals surface area contributed by atoms with Crippen molar-refractivity contribution < 1.29 is 14.6 Å². The number of hydrogen-bond acceptors (Lipinski definition) is 4. The number of allylic oxidation sites excluding steroid dienone is 2. The molecule has 1 aliphatic heterocycles. The summed E-state index contributed by atoms with van der Waals surface area (Å²) in [7, 11) is 0. The molecule has 108 valence electrons.